The van der Waals surface area contributed by atoms with Crippen LogP contribution in [0.15, 0.2) is 16.2 Å². The lowest BCUT2D eigenvalue weighted by Gasteiger charge is -1.85. The molecule has 0 bridgehead atoms. The topological polar surface area (TPSA) is 25.8 Å². The van der Waals surface area contributed by atoms with Gasteiger partial charge in [0.05, 0.1) is 9.72 Å². The second kappa shape index (κ2) is 2.69. The first-order chi connectivity index (χ1) is 5.25. The fourth-order valence-corrected chi connectivity index (χ4v) is 2.37. The van der Waals surface area contributed by atoms with Crippen LogP contribution in [0.5, 0.6) is 0 Å². The Balaban J connectivity index is 2.82. The molecule has 2 aromatic rings. The highest BCUT2D eigenvalue weighted by atomic mass is 79.9. The van der Waals surface area contributed by atoms with Crippen molar-refractivity contribution in [2.75, 3.05) is 0 Å². The first kappa shape index (κ1) is 7.46. The van der Waals surface area contributed by atoms with Gasteiger partial charge in [-0.25, -0.2) is 9.97 Å². The molecule has 2 nitrogen and oxygen atoms in total. The predicted molar refractivity (Wildman–Crippen MR) is 50.1 cm³/mol. The highest BCUT2D eigenvalue weighted by Gasteiger charge is 2.01. The van der Waals surface area contributed by atoms with Gasteiger partial charge in [-0.1, -0.05) is 11.6 Å². The number of rotatable bonds is 0. The number of aromatic nitrogens is 2. The molecule has 0 fully saturated rings. The molecular weight excluding hydrogens is 248 g/mol. The summed E-state index contributed by atoms with van der Waals surface area (Å²) in [5.41, 5.74) is 0.742. The maximum atomic E-state index is 5.73. The summed E-state index contributed by atoms with van der Waals surface area (Å²) in [7, 11) is 0. The normalized spacial score (nSPS) is 10.7. The van der Waals surface area contributed by atoms with Gasteiger partial charge in [0, 0.05) is 6.20 Å². The minimum atomic E-state index is 0.647. The standard InChI is InChI=1S/C6H2BrClN2S/c7-6-10-5-4(11-6)1-3(8)2-9-5/h1-2H. The average molecular weight is 250 g/mol. The summed E-state index contributed by atoms with van der Waals surface area (Å²) in [6.07, 6.45) is 1.59. The van der Waals surface area contributed by atoms with E-state index in [2.05, 4.69) is 25.9 Å². The Kier molecular flexibility index (Phi) is 1.83. The molecule has 0 unspecified atom stereocenters. The van der Waals surface area contributed by atoms with Crippen LogP contribution in [0, 0.1) is 0 Å². The van der Waals surface area contributed by atoms with Crippen molar-refractivity contribution in [1.29, 1.82) is 0 Å². The van der Waals surface area contributed by atoms with Crippen LogP contribution < -0.4 is 0 Å². The zero-order valence-corrected chi connectivity index (χ0v) is 8.37. The minimum Gasteiger partial charge on any atom is -0.234 e. The number of thiazole rings is 1. The van der Waals surface area contributed by atoms with Crippen molar-refractivity contribution in [3.8, 4) is 0 Å². The molecule has 2 aromatic heterocycles. The zero-order chi connectivity index (χ0) is 7.84. The van der Waals surface area contributed by atoms with Crippen LogP contribution >= 0.6 is 38.9 Å². The van der Waals surface area contributed by atoms with Gasteiger partial charge in [-0.05, 0) is 22.0 Å². The van der Waals surface area contributed by atoms with Crippen molar-refractivity contribution in [2.45, 2.75) is 0 Å². The van der Waals surface area contributed by atoms with Gasteiger partial charge in [-0.2, -0.15) is 0 Å². The van der Waals surface area contributed by atoms with Gasteiger partial charge < -0.3 is 0 Å². The van der Waals surface area contributed by atoms with Gasteiger partial charge in [0.25, 0.3) is 0 Å². The molecule has 0 atom stereocenters. The SMILES string of the molecule is Clc1cnc2nc(Br)sc2c1. The highest BCUT2D eigenvalue weighted by Crippen LogP contribution is 2.26. The largest absolute Gasteiger partial charge is 0.234 e. The quantitative estimate of drug-likeness (QED) is 0.717. The van der Waals surface area contributed by atoms with Crippen molar-refractivity contribution >= 4 is 49.2 Å². The van der Waals surface area contributed by atoms with E-state index < -0.39 is 0 Å². The van der Waals surface area contributed by atoms with E-state index in [0.29, 0.717) is 5.02 Å². The predicted octanol–water partition coefficient (Wildman–Crippen LogP) is 3.11. The van der Waals surface area contributed by atoms with Gasteiger partial charge >= 0.3 is 0 Å². The first-order valence-electron chi connectivity index (χ1n) is 2.83. The number of pyridine rings is 1. The van der Waals surface area contributed by atoms with Gasteiger partial charge in [-0.3, -0.25) is 0 Å². The van der Waals surface area contributed by atoms with E-state index in [1.807, 2.05) is 6.07 Å². The molecule has 2 heterocycles. The van der Waals surface area contributed by atoms with Crippen molar-refractivity contribution in [3.63, 3.8) is 0 Å². The number of fused-ring (bicyclic) bond motifs is 1. The van der Waals surface area contributed by atoms with E-state index in [-0.39, 0.29) is 0 Å². The lowest BCUT2D eigenvalue weighted by Crippen LogP contribution is -1.73. The van der Waals surface area contributed by atoms with Crippen LogP contribution in [0.25, 0.3) is 10.3 Å². The van der Waals surface area contributed by atoms with E-state index in [1.165, 1.54) is 11.3 Å². The summed E-state index contributed by atoms with van der Waals surface area (Å²) in [6.45, 7) is 0. The lowest BCUT2D eigenvalue weighted by atomic mass is 10.5. The van der Waals surface area contributed by atoms with Gasteiger partial charge in [0.1, 0.15) is 0 Å². The molecule has 0 aromatic carbocycles. The molecule has 0 radical (unpaired) electrons. The lowest BCUT2D eigenvalue weighted by molar-refractivity contribution is 1.31. The van der Waals surface area contributed by atoms with E-state index >= 15 is 0 Å². The van der Waals surface area contributed by atoms with Crippen molar-refractivity contribution in [1.82, 2.24) is 9.97 Å². The van der Waals surface area contributed by atoms with E-state index in [4.69, 9.17) is 11.6 Å². The molecule has 11 heavy (non-hydrogen) atoms. The monoisotopic (exact) mass is 248 g/mol. The molecule has 0 aliphatic rings. The molecule has 0 saturated heterocycles. The van der Waals surface area contributed by atoms with Gasteiger partial charge in [-0.15, -0.1) is 11.3 Å². The van der Waals surface area contributed by atoms with Crippen molar-refractivity contribution in [3.05, 3.63) is 21.2 Å². The summed E-state index contributed by atoms with van der Waals surface area (Å²) >= 11 is 10.5. The Morgan fingerprint density at radius 3 is 3.18 bits per heavy atom. The third-order valence-corrected chi connectivity index (χ3v) is 2.84. The van der Waals surface area contributed by atoms with Gasteiger partial charge in [0.2, 0.25) is 0 Å². The minimum absolute atomic E-state index is 0.647. The van der Waals surface area contributed by atoms with E-state index in [9.17, 15) is 0 Å². The number of halogens is 2. The Bertz CT molecular complexity index is 400. The number of nitrogens with zero attached hydrogens (tertiary/aromatic N) is 2. The summed E-state index contributed by atoms with van der Waals surface area (Å²) in [4.78, 5) is 8.16. The molecule has 0 aliphatic carbocycles. The summed E-state index contributed by atoms with van der Waals surface area (Å²) in [6, 6.07) is 1.85. The number of hydrogen-bond acceptors (Lipinski definition) is 3. The molecule has 0 spiro atoms. The summed E-state index contributed by atoms with van der Waals surface area (Å²) in [5, 5.41) is 0.647. The first-order valence-corrected chi connectivity index (χ1v) is 4.82. The summed E-state index contributed by atoms with van der Waals surface area (Å²) < 4.78 is 1.84. The molecule has 5 heteroatoms. The second-order valence-electron chi connectivity index (χ2n) is 1.94. The third-order valence-electron chi connectivity index (χ3n) is 1.19. The molecule has 0 N–H and O–H groups in total. The average Bonchev–Trinajstić information content (AvgIpc) is 2.27. The summed E-state index contributed by atoms with van der Waals surface area (Å²) in [5.74, 6) is 0. The molecule has 2 rings (SSSR count). The Labute approximate surface area is 80.4 Å². The zero-order valence-electron chi connectivity index (χ0n) is 5.21. The van der Waals surface area contributed by atoms with E-state index in [1.54, 1.807) is 6.20 Å². The van der Waals surface area contributed by atoms with Crippen LogP contribution in [0.2, 0.25) is 5.02 Å². The molecule has 56 valence electrons. The highest BCUT2D eigenvalue weighted by molar-refractivity contribution is 9.11. The molecule has 0 aliphatic heterocycles. The van der Waals surface area contributed by atoms with Crippen LogP contribution in [0.1, 0.15) is 0 Å². The second-order valence-corrected chi connectivity index (χ2v) is 4.69. The molecule has 0 amide bonds. The van der Waals surface area contributed by atoms with Gasteiger partial charge in [0.15, 0.2) is 9.56 Å². The Morgan fingerprint density at radius 1 is 1.55 bits per heavy atom. The maximum Gasteiger partial charge on any atom is 0.171 e. The Hall–Kier alpha value is -0.190. The van der Waals surface area contributed by atoms with Crippen LogP contribution in [-0.4, -0.2) is 9.97 Å². The fraction of sp³-hybridized carbons (Fsp3) is 0. The smallest absolute Gasteiger partial charge is 0.171 e. The maximum absolute atomic E-state index is 5.73. The fourth-order valence-electron chi connectivity index (χ4n) is 0.769. The third kappa shape index (κ3) is 1.38. The van der Waals surface area contributed by atoms with Crippen LogP contribution in [-0.2, 0) is 0 Å². The van der Waals surface area contributed by atoms with Crippen molar-refractivity contribution in [2.24, 2.45) is 0 Å². The van der Waals surface area contributed by atoms with Crippen molar-refractivity contribution < 1.29 is 0 Å². The number of hydrogen-bond donors (Lipinski definition) is 0. The molecular formula is C6H2BrClN2S. The molecule has 0 saturated carbocycles. The Morgan fingerprint density at radius 2 is 2.36 bits per heavy atom. The van der Waals surface area contributed by atoms with E-state index in [0.717, 1.165) is 14.3 Å². The van der Waals surface area contributed by atoms with Crippen LogP contribution in [0.3, 0.4) is 0 Å². The van der Waals surface area contributed by atoms with Crippen LogP contribution in [0.4, 0.5) is 0 Å².